The lowest BCUT2D eigenvalue weighted by Gasteiger charge is -2.05. The van der Waals surface area contributed by atoms with Crippen molar-refractivity contribution in [1.82, 2.24) is 14.6 Å². The largest absolute Gasteiger partial charge is 0.477 e. The van der Waals surface area contributed by atoms with E-state index in [0.29, 0.717) is 5.56 Å². The molecule has 4 rings (SSSR count). The van der Waals surface area contributed by atoms with Gasteiger partial charge in [-0.3, -0.25) is 4.79 Å². The summed E-state index contributed by atoms with van der Waals surface area (Å²) in [5, 5.41) is 13.9. The molecule has 122 valence electrons. The maximum Gasteiger partial charge on any atom is 0.341 e. The Kier molecular flexibility index (Phi) is 3.43. The molecule has 0 aliphatic carbocycles. The van der Waals surface area contributed by atoms with Gasteiger partial charge in [-0.25, -0.2) is 9.31 Å². The Hall–Kier alpha value is -3.67. The lowest BCUT2D eigenvalue weighted by atomic mass is 10.00. The number of aromatic carboxylic acids is 1. The monoisotopic (exact) mass is 331 g/mol. The first kappa shape index (κ1) is 14.9. The second-order valence-electron chi connectivity index (χ2n) is 5.56. The molecule has 25 heavy (non-hydrogen) atoms. The summed E-state index contributed by atoms with van der Waals surface area (Å²) in [5.74, 6) is -1.26. The molecule has 0 unspecified atom stereocenters. The summed E-state index contributed by atoms with van der Waals surface area (Å²) in [6.45, 7) is 0. The van der Waals surface area contributed by atoms with Crippen LogP contribution in [0.25, 0.3) is 27.9 Å². The zero-order valence-electron chi connectivity index (χ0n) is 13.0. The number of rotatable bonds is 3. The molecule has 2 N–H and O–H groups in total. The van der Waals surface area contributed by atoms with E-state index < -0.39 is 11.5 Å². The van der Waals surface area contributed by atoms with Gasteiger partial charge in [0.15, 0.2) is 0 Å². The molecular formula is C19H13N3O3. The Balaban J connectivity index is 2.06. The zero-order chi connectivity index (χ0) is 17.4. The summed E-state index contributed by atoms with van der Waals surface area (Å²) in [7, 11) is 0. The molecule has 0 spiro atoms. The van der Waals surface area contributed by atoms with Gasteiger partial charge in [-0.05, 0) is 18.2 Å². The number of carboxylic acid groups (broad SMARTS) is 1. The van der Waals surface area contributed by atoms with E-state index in [1.54, 1.807) is 4.52 Å². The maximum atomic E-state index is 11.7. The van der Waals surface area contributed by atoms with Gasteiger partial charge in [0.1, 0.15) is 11.3 Å². The van der Waals surface area contributed by atoms with Gasteiger partial charge in [0.25, 0.3) is 5.56 Å². The fourth-order valence-electron chi connectivity index (χ4n) is 2.87. The Morgan fingerprint density at radius 1 is 1.04 bits per heavy atom. The Bertz CT molecular complexity index is 1140. The summed E-state index contributed by atoms with van der Waals surface area (Å²) in [6, 6.07) is 16.7. The van der Waals surface area contributed by atoms with Gasteiger partial charge in [0.2, 0.25) is 0 Å². The topological polar surface area (TPSA) is 87.5 Å². The number of benzene rings is 1. The average molecular weight is 331 g/mol. The van der Waals surface area contributed by atoms with Crippen LogP contribution in [-0.4, -0.2) is 25.7 Å². The van der Waals surface area contributed by atoms with Crippen LogP contribution in [0.5, 0.6) is 0 Å². The minimum atomic E-state index is -1.26. The third kappa shape index (κ3) is 2.49. The molecule has 6 heteroatoms. The van der Waals surface area contributed by atoms with Crippen molar-refractivity contribution in [2.24, 2.45) is 0 Å². The van der Waals surface area contributed by atoms with Crippen LogP contribution in [0.15, 0.2) is 71.8 Å². The van der Waals surface area contributed by atoms with E-state index >= 15 is 0 Å². The summed E-state index contributed by atoms with van der Waals surface area (Å²) < 4.78 is 1.74. The Morgan fingerprint density at radius 2 is 1.80 bits per heavy atom. The molecule has 0 aliphatic rings. The van der Waals surface area contributed by atoms with Crippen molar-refractivity contribution >= 4 is 11.5 Å². The molecule has 3 heterocycles. The van der Waals surface area contributed by atoms with Gasteiger partial charge in [-0.15, -0.1) is 0 Å². The fourth-order valence-corrected chi connectivity index (χ4v) is 2.87. The number of carbonyl (C=O) groups is 1. The van der Waals surface area contributed by atoms with Crippen LogP contribution in [-0.2, 0) is 0 Å². The van der Waals surface area contributed by atoms with Gasteiger partial charge in [-0.2, -0.15) is 5.10 Å². The first-order valence-corrected chi connectivity index (χ1v) is 7.64. The van der Waals surface area contributed by atoms with Crippen molar-refractivity contribution in [3.63, 3.8) is 0 Å². The molecule has 0 saturated carbocycles. The number of nitrogens with one attached hydrogen (secondary N) is 1. The normalized spacial score (nSPS) is 10.9. The van der Waals surface area contributed by atoms with Gasteiger partial charge in [0, 0.05) is 29.1 Å². The molecule has 3 aromatic heterocycles. The van der Waals surface area contributed by atoms with E-state index in [1.807, 2.05) is 54.7 Å². The molecule has 0 atom stereocenters. The molecule has 0 aliphatic heterocycles. The molecule has 0 radical (unpaired) electrons. The SMILES string of the molecule is O=C(O)c1cc(-c2c(-c3ccccc3)nn3ccccc23)c[nH]c1=O. The fraction of sp³-hybridized carbons (Fsp3) is 0. The number of nitrogens with zero attached hydrogens (tertiary/aromatic N) is 2. The van der Waals surface area contributed by atoms with Crippen molar-refractivity contribution in [2.75, 3.05) is 0 Å². The Labute approximate surface area is 142 Å². The summed E-state index contributed by atoms with van der Waals surface area (Å²) in [4.78, 5) is 25.6. The number of fused-ring (bicyclic) bond motifs is 1. The molecule has 0 saturated heterocycles. The number of aromatic nitrogens is 3. The van der Waals surface area contributed by atoms with Crippen LogP contribution in [0.2, 0.25) is 0 Å². The second-order valence-corrected chi connectivity index (χ2v) is 5.56. The average Bonchev–Trinajstić information content (AvgIpc) is 3.02. The molecule has 0 bridgehead atoms. The highest BCUT2D eigenvalue weighted by Crippen LogP contribution is 2.34. The molecule has 0 fully saturated rings. The van der Waals surface area contributed by atoms with Crippen LogP contribution in [0.4, 0.5) is 0 Å². The van der Waals surface area contributed by atoms with E-state index in [1.165, 1.54) is 12.3 Å². The van der Waals surface area contributed by atoms with E-state index in [4.69, 9.17) is 0 Å². The number of aromatic amines is 1. The number of hydrogen-bond acceptors (Lipinski definition) is 3. The van der Waals surface area contributed by atoms with Crippen LogP contribution in [0, 0.1) is 0 Å². The summed E-state index contributed by atoms with van der Waals surface area (Å²) in [5.41, 5.74) is 2.88. The van der Waals surface area contributed by atoms with Crippen molar-refractivity contribution in [3.8, 4) is 22.4 Å². The third-order valence-corrected chi connectivity index (χ3v) is 4.01. The number of carboxylic acids is 1. The van der Waals surface area contributed by atoms with Crippen molar-refractivity contribution < 1.29 is 9.90 Å². The smallest absolute Gasteiger partial charge is 0.341 e. The first-order valence-electron chi connectivity index (χ1n) is 7.64. The highest BCUT2D eigenvalue weighted by Gasteiger charge is 2.18. The summed E-state index contributed by atoms with van der Waals surface area (Å²) in [6.07, 6.45) is 3.35. The maximum absolute atomic E-state index is 11.7. The molecule has 4 aromatic rings. The quantitative estimate of drug-likeness (QED) is 0.604. The van der Waals surface area contributed by atoms with E-state index in [-0.39, 0.29) is 5.56 Å². The highest BCUT2D eigenvalue weighted by atomic mass is 16.4. The van der Waals surface area contributed by atoms with E-state index in [9.17, 15) is 14.7 Å². The van der Waals surface area contributed by atoms with Crippen LogP contribution in [0.1, 0.15) is 10.4 Å². The van der Waals surface area contributed by atoms with Gasteiger partial charge in [-0.1, -0.05) is 36.4 Å². The predicted octanol–water partition coefficient (Wildman–Crippen LogP) is 3.05. The van der Waals surface area contributed by atoms with Gasteiger partial charge < -0.3 is 10.1 Å². The van der Waals surface area contributed by atoms with Gasteiger partial charge >= 0.3 is 5.97 Å². The molecule has 1 aromatic carbocycles. The first-order chi connectivity index (χ1) is 12.1. The second kappa shape index (κ2) is 5.76. The molecule has 0 amide bonds. The van der Waals surface area contributed by atoms with E-state index in [0.717, 1.165) is 22.3 Å². The standard InChI is InChI=1S/C19H13N3O3/c23-18-14(19(24)25)10-13(11-20-18)16-15-8-4-5-9-22(15)21-17(16)12-6-2-1-3-7-12/h1-11H,(H,20,23)(H,24,25). The highest BCUT2D eigenvalue weighted by molar-refractivity contribution is 5.95. The van der Waals surface area contributed by atoms with E-state index in [2.05, 4.69) is 10.1 Å². The van der Waals surface area contributed by atoms with Crippen molar-refractivity contribution in [2.45, 2.75) is 0 Å². The van der Waals surface area contributed by atoms with Crippen LogP contribution >= 0.6 is 0 Å². The Morgan fingerprint density at radius 3 is 2.56 bits per heavy atom. The predicted molar refractivity (Wildman–Crippen MR) is 93.6 cm³/mol. The lowest BCUT2D eigenvalue weighted by Crippen LogP contribution is -2.16. The minimum absolute atomic E-state index is 0.299. The number of pyridine rings is 2. The van der Waals surface area contributed by atoms with Crippen molar-refractivity contribution in [3.05, 3.63) is 82.9 Å². The third-order valence-electron chi connectivity index (χ3n) is 4.01. The number of hydrogen-bond donors (Lipinski definition) is 2. The number of H-pyrrole nitrogens is 1. The van der Waals surface area contributed by atoms with Crippen LogP contribution < -0.4 is 5.56 Å². The summed E-state index contributed by atoms with van der Waals surface area (Å²) >= 11 is 0. The molecule has 6 nitrogen and oxygen atoms in total. The zero-order valence-corrected chi connectivity index (χ0v) is 13.0. The van der Waals surface area contributed by atoms with Crippen molar-refractivity contribution in [1.29, 1.82) is 0 Å². The minimum Gasteiger partial charge on any atom is -0.477 e. The van der Waals surface area contributed by atoms with Crippen LogP contribution in [0.3, 0.4) is 0 Å². The van der Waals surface area contributed by atoms with Gasteiger partial charge in [0.05, 0.1) is 5.52 Å². The lowest BCUT2D eigenvalue weighted by molar-refractivity contribution is 0.0695. The molecular weight excluding hydrogens is 318 g/mol.